The van der Waals surface area contributed by atoms with E-state index in [1.165, 1.54) is 17.8 Å². The van der Waals surface area contributed by atoms with Crippen LogP contribution in [0.15, 0.2) is 58.5 Å². The molecule has 1 amide bonds. The number of anilines is 1. The molecule has 0 radical (unpaired) electrons. The van der Waals surface area contributed by atoms with Gasteiger partial charge in [0.25, 0.3) is 5.56 Å². The van der Waals surface area contributed by atoms with Crippen LogP contribution in [0.1, 0.15) is 34.6 Å². The Morgan fingerprint density at radius 2 is 1.89 bits per heavy atom. The molecule has 1 unspecified atom stereocenters. The molecule has 142 valence electrons. The quantitative estimate of drug-likeness (QED) is 0.518. The SMILES string of the molecule is Cc1ccccc1CSc1nc2c(c(=O)[nH]1)C(c1ccccc1F)CC(=O)N2. The van der Waals surface area contributed by atoms with Gasteiger partial charge in [-0.05, 0) is 29.7 Å². The molecule has 5 nitrogen and oxygen atoms in total. The van der Waals surface area contributed by atoms with E-state index in [0.717, 1.165) is 11.1 Å². The summed E-state index contributed by atoms with van der Waals surface area (Å²) in [6.45, 7) is 2.03. The van der Waals surface area contributed by atoms with Crippen LogP contribution in [0, 0.1) is 12.7 Å². The van der Waals surface area contributed by atoms with Gasteiger partial charge in [0.2, 0.25) is 5.91 Å². The van der Waals surface area contributed by atoms with Gasteiger partial charge in [0, 0.05) is 18.1 Å². The number of halogens is 1. The van der Waals surface area contributed by atoms with Crippen LogP contribution >= 0.6 is 11.8 Å². The number of thioether (sulfide) groups is 1. The molecular formula is C21H18FN3O2S. The third-order valence-electron chi connectivity index (χ3n) is 4.84. The lowest BCUT2D eigenvalue weighted by Crippen LogP contribution is -2.31. The summed E-state index contributed by atoms with van der Waals surface area (Å²) in [5.41, 5.74) is 2.56. The largest absolute Gasteiger partial charge is 0.310 e. The van der Waals surface area contributed by atoms with Crippen molar-refractivity contribution in [3.8, 4) is 0 Å². The summed E-state index contributed by atoms with van der Waals surface area (Å²) >= 11 is 1.38. The van der Waals surface area contributed by atoms with Gasteiger partial charge in [-0.25, -0.2) is 9.37 Å². The average Bonchev–Trinajstić information content (AvgIpc) is 2.67. The molecule has 0 fully saturated rings. The second-order valence-corrected chi connectivity index (χ2v) is 7.64. The Bertz CT molecular complexity index is 1110. The molecule has 0 spiro atoms. The molecule has 1 atom stereocenters. The lowest BCUT2D eigenvalue weighted by Gasteiger charge is -2.24. The van der Waals surface area contributed by atoms with Crippen molar-refractivity contribution in [1.82, 2.24) is 9.97 Å². The maximum absolute atomic E-state index is 14.3. The Balaban J connectivity index is 1.68. The van der Waals surface area contributed by atoms with Crippen LogP contribution in [0.3, 0.4) is 0 Å². The molecule has 7 heteroatoms. The van der Waals surface area contributed by atoms with Gasteiger partial charge in [-0.15, -0.1) is 0 Å². The first-order valence-corrected chi connectivity index (χ1v) is 9.87. The molecular weight excluding hydrogens is 377 g/mol. The van der Waals surface area contributed by atoms with Gasteiger partial charge < -0.3 is 10.3 Å². The van der Waals surface area contributed by atoms with Crippen LogP contribution in [0.25, 0.3) is 0 Å². The predicted molar refractivity (Wildman–Crippen MR) is 107 cm³/mol. The number of aromatic nitrogens is 2. The number of aromatic amines is 1. The van der Waals surface area contributed by atoms with Crippen LogP contribution < -0.4 is 10.9 Å². The number of carbonyl (C=O) groups is 1. The number of H-pyrrole nitrogens is 1. The molecule has 1 aromatic heterocycles. The van der Waals surface area contributed by atoms with Crippen LogP contribution in [0.2, 0.25) is 0 Å². The number of aryl methyl sites for hydroxylation is 1. The highest BCUT2D eigenvalue weighted by molar-refractivity contribution is 7.98. The number of nitrogens with zero attached hydrogens (tertiary/aromatic N) is 1. The van der Waals surface area contributed by atoms with Gasteiger partial charge in [0.15, 0.2) is 5.16 Å². The fourth-order valence-corrected chi connectivity index (χ4v) is 4.30. The summed E-state index contributed by atoms with van der Waals surface area (Å²) in [5.74, 6) is -0.532. The number of rotatable bonds is 4. The van der Waals surface area contributed by atoms with E-state index < -0.39 is 11.7 Å². The molecule has 0 saturated heterocycles. The van der Waals surface area contributed by atoms with Crippen molar-refractivity contribution in [3.63, 3.8) is 0 Å². The predicted octanol–water partition coefficient (Wildman–Crippen LogP) is 3.98. The second kappa shape index (κ2) is 7.59. The van der Waals surface area contributed by atoms with Gasteiger partial charge in [0.1, 0.15) is 11.6 Å². The zero-order chi connectivity index (χ0) is 19.7. The summed E-state index contributed by atoms with van der Waals surface area (Å²) in [5, 5.41) is 3.08. The summed E-state index contributed by atoms with van der Waals surface area (Å²) in [4.78, 5) is 32.2. The van der Waals surface area contributed by atoms with Crippen molar-refractivity contribution in [3.05, 3.63) is 87.0 Å². The van der Waals surface area contributed by atoms with E-state index in [4.69, 9.17) is 0 Å². The summed E-state index contributed by atoms with van der Waals surface area (Å²) in [6.07, 6.45) is 0.00833. The molecule has 2 N–H and O–H groups in total. The van der Waals surface area contributed by atoms with E-state index in [1.54, 1.807) is 18.2 Å². The lowest BCUT2D eigenvalue weighted by atomic mass is 9.86. The Morgan fingerprint density at radius 1 is 1.14 bits per heavy atom. The van der Waals surface area contributed by atoms with Gasteiger partial charge in [0.05, 0.1) is 5.56 Å². The third-order valence-corrected chi connectivity index (χ3v) is 5.76. The highest BCUT2D eigenvalue weighted by Gasteiger charge is 2.32. The number of benzene rings is 2. The second-order valence-electron chi connectivity index (χ2n) is 6.67. The standard InChI is InChI=1S/C21H18FN3O2S/c1-12-6-2-3-7-13(12)11-28-21-24-19-18(20(27)25-21)15(10-17(26)23-19)14-8-4-5-9-16(14)22/h2-9,15H,10-11H2,1H3,(H2,23,24,25,26,27). The maximum atomic E-state index is 14.3. The van der Waals surface area contributed by atoms with Crippen molar-refractivity contribution in [2.24, 2.45) is 0 Å². The van der Waals surface area contributed by atoms with E-state index >= 15 is 0 Å². The monoisotopic (exact) mass is 395 g/mol. The molecule has 3 aromatic rings. The number of hydrogen-bond donors (Lipinski definition) is 2. The Kier molecular flexibility index (Phi) is 5.00. The minimum atomic E-state index is -0.656. The third kappa shape index (κ3) is 3.57. The Morgan fingerprint density at radius 3 is 2.68 bits per heavy atom. The van der Waals surface area contributed by atoms with Gasteiger partial charge >= 0.3 is 0 Å². The van der Waals surface area contributed by atoms with Gasteiger partial charge in [-0.1, -0.05) is 54.2 Å². The first-order chi connectivity index (χ1) is 13.5. The topological polar surface area (TPSA) is 74.8 Å². The minimum Gasteiger partial charge on any atom is -0.310 e. The molecule has 2 heterocycles. The first-order valence-electron chi connectivity index (χ1n) is 8.88. The lowest BCUT2D eigenvalue weighted by molar-refractivity contribution is -0.116. The molecule has 0 saturated carbocycles. The van der Waals surface area contributed by atoms with Crippen LogP contribution in [0.4, 0.5) is 10.2 Å². The molecule has 1 aliphatic rings. The zero-order valence-electron chi connectivity index (χ0n) is 15.2. The van der Waals surface area contributed by atoms with Crippen molar-refractivity contribution < 1.29 is 9.18 Å². The molecule has 0 bridgehead atoms. The van der Waals surface area contributed by atoms with E-state index in [2.05, 4.69) is 15.3 Å². The molecule has 1 aliphatic heterocycles. The van der Waals surface area contributed by atoms with E-state index in [1.807, 2.05) is 31.2 Å². The van der Waals surface area contributed by atoms with Crippen molar-refractivity contribution in [1.29, 1.82) is 0 Å². The number of nitrogens with one attached hydrogen (secondary N) is 2. The van der Waals surface area contributed by atoms with Crippen LogP contribution in [-0.4, -0.2) is 15.9 Å². The number of hydrogen-bond acceptors (Lipinski definition) is 4. The zero-order valence-corrected chi connectivity index (χ0v) is 16.0. The molecule has 4 rings (SSSR count). The normalized spacial score (nSPS) is 15.8. The van der Waals surface area contributed by atoms with Crippen LogP contribution in [0.5, 0.6) is 0 Å². The average molecular weight is 395 g/mol. The maximum Gasteiger partial charge on any atom is 0.257 e. The number of carbonyl (C=O) groups excluding carboxylic acids is 1. The van der Waals surface area contributed by atoms with Crippen molar-refractivity contribution in [2.75, 3.05) is 5.32 Å². The van der Waals surface area contributed by atoms with E-state index in [9.17, 15) is 14.0 Å². The highest BCUT2D eigenvalue weighted by Crippen LogP contribution is 2.35. The smallest absolute Gasteiger partial charge is 0.257 e. The van der Waals surface area contributed by atoms with E-state index in [0.29, 0.717) is 22.0 Å². The number of amides is 1. The molecule has 28 heavy (non-hydrogen) atoms. The first kappa shape index (κ1) is 18.4. The summed E-state index contributed by atoms with van der Waals surface area (Å²) in [7, 11) is 0. The van der Waals surface area contributed by atoms with Crippen molar-refractivity contribution in [2.45, 2.75) is 30.2 Å². The van der Waals surface area contributed by atoms with Crippen LogP contribution in [-0.2, 0) is 10.5 Å². The summed E-state index contributed by atoms with van der Waals surface area (Å²) < 4.78 is 14.3. The van der Waals surface area contributed by atoms with Gasteiger partial charge in [-0.3, -0.25) is 9.59 Å². The molecule has 0 aliphatic carbocycles. The van der Waals surface area contributed by atoms with Crippen molar-refractivity contribution >= 4 is 23.5 Å². The molecule has 2 aromatic carbocycles. The Labute approximate surface area is 165 Å². The van der Waals surface area contributed by atoms with Gasteiger partial charge in [-0.2, -0.15) is 0 Å². The minimum absolute atomic E-state index is 0.00833. The fourth-order valence-electron chi connectivity index (χ4n) is 3.36. The summed E-state index contributed by atoms with van der Waals surface area (Å²) in [6, 6.07) is 14.2. The fraction of sp³-hybridized carbons (Fsp3) is 0.190. The highest BCUT2D eigenvalue weighted by atomic mass is 32.2. The number of fused-ring (bicyclic) bond motifs is 1. The Hall–Kier alpha value is -2.93. The van der Waals surface area contributed by atoms with E-state index in [-0.39, 0.29) is 23.7 Å².